The molecule has 5 heteroatoms. The standard InChI is InChI=1S/C8H13N3O2/c1-11-5-7(4-10-11)8(12)6-13-3-2-9/h4-5H,2-3,6,9H2,1H3. The van der Waals surface area contributed by atoms with Crippen LogP contribution < -0.4 is 5.73 Å². The maximum atomic E-state index is 11.3. The second-order valence-corrected chi connectivity index (χ2v) is 2.67. The van der Waals surface area contributed by atoms with Gasteiger partial charge in [-0.3, -0.25) is 9.48 Å². The molecule has 0 bridgehead atoms. The zero-order valence-corrected chi connectivity index (χ0v) is 7.56. The van der Waals surface area contributed by atoms with Crippen LogP contribution in [0.5, 0.6) is 0 Å². The number of Topliss-reactive ketones (excluding diaryl/α,β-unsaturated/α-hetero) is 1. The lowest BCUT2D eigenvalue weighted by Gasteiger charge is -1.98. The molecule has 1 heterocycles. The second kappa shape index (κ2) is 4.74. The molecule has 0 aliphatic heterocycles. The molecule has 0 aliphatic rings. The molecular formula is C8H13N3O2. The highest BCUT2D eigenvalue weighted by Gasteiger charge is 2.06. The molecule has 0 radical (unpaired) electrons. The summed E-state index contributed by atoms with van der Waals surface area (Å²) in [6.07, 6.45) is 3.18. The molecule has 0 unspecified atom stereocenters. The molecule has 1 aromatic rings. The Balaban J connectivity index is 2.40. The summed E-state index contributed by atoms with van der Waals surface area (Å²) in [5, 5.41) is 3.88. The SMILES string of the molecule is Cn1cc(C(=O)COCCN)cn1. The molecule has 72 valence electrons. The van der Waals surface area contributed by atoms with Gasteiger partial charge in [0.05, 0.1) is 18.4 Å². The summed E-state index contributed by atoms with van der Waals surface area (Å²) in [5.74, 6) is -0.0680. The molecule has 0 amide bonds. The predicted octanol–water partition coefficient (Wildman–Crippen LogP) is -0.422. The number of rotatable bonds is 5. The summed E-state index contributed by atoms with van der Waals surface area (Å²) in [5.41, 5.74) is 5.77. The van der Waals surface area contributed by atoms with Gasteiger partial charge in [0.2, 0.25) is 0 Å². The maximum absolute atomic E-state index is 11.3. The smallest absolute Gasteiger partial charge is 0.191 e. The topological polar surface area (TPSA) is 70.1 Å². The van der Waals surface area contributed by atoms with Gasteiger partial charge in [-0.15, -0.1) is 0 Å². The number of carbonyl (C=O) groups is 1. The summed E-state index contributed by atoms with van der Waals surface area (Å²) in [4.78, 5) is 11.3. The number of aromatic nitrogens is 2. The van der Waals surface area contributed by atoms with E-state index >= 15 is 0 Å². The summed E-state index contributed by atoms with van der Waals surface area (Å²) in [6, 6.07) is 0. The predicted molar refractivity (Wildman–Crippen MR) is 47.4 cm³/mol. The van der Waals surface area contributed by atoms with Crippen LogP contribution in [0.1, 0.15) is 10.4 Å². The van der Waals surface area contributed by atoms with Gasteiger partial charge in [0, 0.05) is 19.8 Å². The Labute approximate surface area is 76.5 Å². The van der Waals surface area contributed by atoms with E-state index in [9.17, 15) is 4.79 Å². The molecule has 0 spiro atoms. The Hall–Kier alpha value is -1.20. The van der Waals surface area contributed by atoms with Crippen molar-refractivity contribution in [3.05, 3.63) is 18.0 Å². The molecule has 5 nitrogen and oxygen atoms in total. The fraction of sp³-hybridized carbons (Fsp3) is 0.500. The zero-order valence-electron chi connectivity index (χ0n) is 7.56. The largest absolute Gasteiger partial charge is 0.372 e. The normalized spacial score (nSPS) is 10.3. The molecule has 0 saturated heterocycles. The number of hydrogen-bond acceptors (Lipinski definition) is 4. The van der Waals surface area contributed by atoms with Gasteiger partial charge in [0.15, 0.2) is 5.78 Å². The van der Waals surface area contributed by atoms with Crippen LogP contribution in [0.25, 0.3) is 0 Å². The van der Waals surface area contributed by atoms with E-state index in [-0.39, 0.29) is 12.4 Å². The van der Waals surface area contributed by atoms with E-state index in [1.807, 2.05) is 0 Å². The third-order valence-electron chi connectivity index (χ3n) is 1.52. The Kier molecular flexibility index (Phi) is 3.60. The number of carbonyl (C=O) groups excluding carboxylic acids is 1. The van der Waals surface area contributed by atoms with Crippen molar-refractivity contribution in [2.45, 2.75) is 0 Å². The second-order valence-electron chi connectivity index (χ2n) is 2.67. The van der Waals surface area contributed by atoms with E-state index in [1.54, 1.807) is 17.9 Å². The summed E-state index contributed by atoms with van der Waals surface area (Å²) >= 11 is 0. The summed E-state index contributed by atoms with van der Waals surface area (Å²) in [7, 11) is 1.76. The van der Waals surface area contributed by atoms with Crippen molar-refractivity contribution in [2.24, 2.45) is 12.8 Å². The van der Waals surface area contributed by atoms with Crippen molar-refractivity contribution in [1.82, 2.24) is 9.78 Å². The van der Waals surface area contributed by atoms with Crippen LogP contribution in [0.2, 0.25) is 0 Å². The van der Waals surface area contributed by atoms with Crippen molar-refractivity contribution in [2.75, 3.05) is 19.8 Å². The monoisotopic (exact) mass is 183 g/mol. The zero-order chi connectivity index (χ0) is 9.68. The average Bonchev–Trinajstić information content (AvgIpc) is 2.52. The molecule has 0 fully saturated rings. The molecule has 0 saturated carbocycles. The quantitative estimate of drug-likeness (QED) is 0.497. The van der Waals surface area contributed by atoms with Gasteiger partial charge < -0.3 is 10.5 Å². The van der Waals surface area contributed by atoms with Crippen LogP contribution in [-0.2, 0) is 11.8 Å². The van der Waals surface area contributed by atoms with Crippen molar-refractivity contribution in [3.8, 4) is 0 Å². The molecule has 0 aromatic carbocycles. The first-order valence-corrected chi connectivity index (χ1v) is 4.03. The fourth-order valence-electron chi connectivity index (χ4n) is 0.897. The molecular weight excluding hydrogens is 170 g/mol. The lowest BCUT2D eigenvalue weighted by molar-refractivity contribution is 0.0774. The van der Waals surface area contributed by atoms with E-state index in [1.165, 1.54) is 6.20 Å². The fourth-order valence-corrected chi connectivity index (χ4v) is 0.897. The van der Waals surface area contributed by atoms with Crippen LogP contribution in [0.15, 0.2) is 12.4 Å². The maximum Gasteiger partial charge on any atom is 0.191 e. The van der Waals surface area contributed by atoms with Gasteiger partial charge in [0.25, 0.3) is 0 Å². The van der Waals surface area contributed by atoms with Crippen molar-refractivity contribution < 1.29 is 9.53 Å². The Morgan fingerprint density at radius 2 is 2.54 bits per heavy atom. The first-order valence-electron chi connectivity index (χ1n) is 4.03. The lowest BCUT2D eigenvalue weighted by Crippen LogP contribution is -2.14. The number of hydrogen-bond donors (Lipinski definition) is 1. The molecule has 13 heavy (non-hydrogen) atoms. The number of aryl methyl sites for hydroxylation is 1. The highest BCUT2D eigenvalue weighted by molar-refractivity contribution is 5.96. The number of ether oxygens (including phenoxy) is 1. The van der Waals surface area contributed by atoms with E-state index in [2.05, 4.69) is 5.10 Å². The van der Waals surface area contributed by atoms with Gasteiger partial charge >= 0.3 is 0 Å². The Morgan fingerprint density at radius 1 is 1.77 bits per heavy atom. The Morgan fingerprint density at radius 3 is 3.08 bits per heavy atom. The van der Waals surface area contributed by atoms with Crippen molar-refractivity contribution >= 4 is 5.78 Å². The molecule has 0 aliphatic carbocycles. The van der Waals surface area contributed by atoms with Gasteiger partial charge in [-0.05, 0) is 0 Å². The van der Waals surface area contributed by atoms with Gasteiger partial charge in [-0.25, -0.2) is 0 Å². The van der Waals surface area contributed by atoms with Gasteiger partial charge in [-0.2, -0.15) is 5.10 Å². The minimum Gasteiger partial charge on any atom is -0.372 e. The number of nitrogens with two attached hydrogens (primary N) is 1. The first-order chi connectivity index (χ1) is 6.24. The lowest BCUT2D eigenvalue weighted by atomic mass is 10.2. The van der Waals surface area contributed by atoms with E-state index < -0.39 is 0 Å². The summed E-state index contributed by atoms with van der Waals surface area (Å²) in [6.45, 7) is 0.912. The van der Waals surface area contributed by atoms with Crippen LogP contribution in [-0.4, -0.2) is 35.3 Å². The molecule has 1 rings (SSSR count). The number of nitrogens with zero attached hydrogens (tertiary/aromatic N) is 2. The summed E-state index contributed by atoms with van der Waals surface area (Å²) < 4.78 is 6.58. The first kappa shape index (κ1) is 9.88. The highest BCUT2D eigenvalue weighted by atomic mass is 16.5. The van der Waals surface area contributed by atoms with Crippen LogP contribution in [0.4, 0.5) is 0 Å². The van der Waals surface area contributed by atoms with Crippen molar-refractivity contribution in [3.63, 3.8) is 0 Å². The van der Waals surface area contributed by atoms with Gasteiger partial charge in [-0.1, -0.05) is 0 Å². The molecule has 0 atom stereocenters. The minimum absolute atomic E-state index is 0.0680. The third-order valence-corrected chi connectivity index (χ3v) is 1.52. The van der Waals surface area contributed by atoms with E-state index in [4.69, 9.17) is 10.5 Å². The van der Waals surface area contributed by atoms with E-state index in [0.29, 0.717) is 18.7 Å². The van der Waals surface area contributed by atoms with Crippen LogP contribution >= 0.6 is 0 Å². The highest BCUT2D eigenvalue weighted by Crippen LogP contribution is 1.97. The Bertz CT molecular complexity index is 283. The third kappa shape index (κ3) is 2.96. The van der Waals surface area contributed by atoms with Crippen LogP contribution in [0, 0.1) is 0 Å². The average molecular weight is 183 g/mol. The minimum atomic E-state index is -0.0680. The number of ketones is 1. The van der Waals surface area contributed by atoms with E-state index in [0.717, 1.165) is 0 Å². The van der Waals surface area contributed by atoms with Gasteiger partial charge in [0.1, 0.15) is 6.61 Å². The molecule has 2 N–H and O–H groups in total. The van der Waals surface area contributed by atoms with Crippen LogP contribution in [0.3, 0.4) is 0 Å². The molecule has 1 aromatic heterocycles. The van der Waals surface area contributed by atoms with Crippen molar-refractivity contribution in [1.29, 1.82) is 0 Å².